The first kappa shape index (κ1) is 12.6. The van der Waals surface area contributed by atoms with Gasteiger partial charge in [-0.15, -0.1) is 0 Å². The van der Waals surface area contributed by atoms with Crippen LogP contribution in [0.4, 0.5) is 0 Å². The lowest BCUT2D eigenvalue weighted by molar-refractivity contribution is 0.307. The second-order valence-corrected chi connectivity index (χ2v) is 5.01. The first-order chi connectivity index (χ1) is 9.79. The number of methoxy groups -OCH3 is 1. The van der Waals surface area contributed by atoms with Gasteiger partial charge in [-0.2, -0.15) is 5.26 Å². The van der Waals surface area contributed by atoms with Crippen LogP contribution in [0.5, 0.6) is 5.75 Å². The van der Waals surface area contributed by atoms with E-state index >= 15 is 0 Å². The molecule has 100 valence electrons. The van der Waals surface area contributed by atoms with E-state index in [1.165, 1.54) is 0 Å². The molecule has 1 aliphatic rings. The molecule has 0 atom stereocenters. The predicted molar refractivity (Wildman–Crippen MR) is 75.2 cm³/mol. The molecule has 20 heavy (non-hydrogen) atoms. The Balaban J connectivity index is 2.06. The lowest BCUT2D eigenvalue weighted by atomic mass is 9.69. The largest absolute Gasteiger partial charge is 0.496 e. The van der Waals surface area contributed by atoms with Gasteiger partial charge in [0.25, 0.3) is 0 Å². The Hall–Kier alpha value is -2.41. The van der Waals surface area contributed by atoms with Crippen molar-refractivity contribution in [3.8, 4) is 23.1 Å². The van der Waals surface area contributed by atoms with E-state index in [2.05, 4.69) is 16.0 Å². The highest BCUT2D eigenvalue weighted by Gasteiger charge is 2.41. The molecule has 1 aromatic heterocycles. The van der Waals surface area contributed by atoms with Crippen molar-refractivity contribution < 1.29 is 4.74 Å². The summed E-state index contributed by atoms with van der Waals surface area (Å²) < 4.78 is 5.37. The fraction of sp³-hybridized carbons (Fsp3) is 0.312. The van der Waals surface area contributed by atoms with Crippen molar-refractivity contribution in [2.24, 2.45) is 0 Å². The van der Waals surface area contributed by atoms with Crippen molar-refractivity contribution in [1.29, 1.82) is 5.26 Å². The molecule has 0 N–H and O–H groups in total. The molecule has 1 saturated carbocycles. The van der Waals surface area contributed by atoms with E-state index in [9.17, 15) is 5.26 Å². The number of para-hydroxylation sites is 1. The third kappa shape index (κ3) is 1.92. The maximum atomic E-state index is 9.40. The number of hydrogen-bond donors (Lipinski definition) is 0. The van der Waals surface area contributed by atoms with Crippen LogP contribution in [0.2, 0.25) is 0 Å². The lowest BCUT2D eigenvalue weighted by Gasteiger charge is -2.33. The van der Waals surface area contributed by atoms with E-state index in [0.29, 0.717) is 5.82 Å². The monoisotopic (exact) mass is 265 g/mol. The zero-order valence-electron chi connectivity index (χ0n) is 11.3. The molecule has 0 amide bonds. The van der Waals surface area contributed by atoms with Gasteiger partial charge in [0, 0.05) is 11.8 Å². The fourth-order valence-corrected chi connectivity index (χ4v) is 2.51. The van der Waals surface area contributed by atoms with Crippen LogP contribution in [0.3, 0.4) is 0 Å². The first-order valence-electron chi connectivity index (χ1n) is 6.67. The number of nitriles is 1. The third-order valence-corrected chi connectivity index (χ3v) is 3.89. The van der Waals surface area contributed by atoms with Crippen molar-refractivity contribution in [3.63, 3.8) is 0 Å². The average molecular weight is 265 g/mol. The molecular weight excluding hydrogens is 250 g/mol. The Labute approximate surface area is 118 Å². The molecular formula is C16H15N3O. The van der Waals surface area contributed by atoms with Crippen LogP contribution in [-0.2, 0) is 5.41 Å². The molecule has 1 aliphatic carbocycles. The highest BCUT2D eigenvalue weighted by molar-refractivity contribution is 5.66. The standard InChI is InChI=1S/C16H15N3O/c1-20-14-6-3-2-5-12(14)13-7-10-18-15(19-13)16(11-17)8-4-9-16/h2-3,5-7,10H,4,8-9H2,1H3. The molecule has 1 heterocycles. The van der Waals surface area contributed by atoms with Crippen molar-refractivity contribution in [3.05, 3.63) is 42.4 Å². The number of nitrogens with zero attached hydrogens (tertiary/aromatic N) is 3. The van der Waals surface area contributed by atoms with Gasteiger partial charge in [0.1, 0.15) is 17.0 Å². The van der Waals surface area contributed by atoms with Gasteiger partial charge in [-0.25, -0.2) is 9.97 Å². The molecule has 4 heteroatoms. The number of benzene rings is 1. The SMILES string of the molecule is COc1ccccc1-c1ccnc(C2(C#N)CCC2)n1. The van der Waals surface area contributed by atoms with Crippen LogP contribution < -0.4 is 4.74 Å². The molecule has 0 radical (unpaired) electrons. The molecule has 0 saturated heterocycles. The third-order valence-electron chi connectivity index (χ3n) is 3.89. The summed E-state index contributed by atoms with van der Waals surface area (Å²) >= 11 is 0. The van der Waals surface area contributed by atoms with Crippen molar-refractivity contribution in [1.82, 2.24) is 9.97 Å². The van der Waals surface area contributed by atoms with Crippen LogP contribution >= 0.6 is 0 Å². The van der Waals surface area contributed by atoms with Gasteiger partial charge < -0.3 is 4.74 Å². The predicted octanol–water partition coefficient (Wildman–Crippen LogP) is 3.10. The van der Waals surface area contributed by atoms with Crippen LogP contribution in [0, 0.1) is 11.3 Å². The zero-order chi connectivity index (χ0) is 14.0. The number of aromatic nitrogens is 2. The molecule has 2 aromatic rings. The fourth-order valence-electron chi connectivity index (χ4n) is 2.51. The number of rotatable bonds is 3. The van der Waals surface area contributed by atoms with Gasteiger partial charge in [0.2, 0.25) is 0 Å². The van der Waals surface area contributed by atoms with Crippen LogP contribution in [0.1, 0.15) is 25.1 Å². The minimum absolute atomic E-state index is 0.488. The van der Waals surface area contributed by atoms with Gasteiger partial charge >= 0.3 is 0 Å². The summed E-state index contributed by atoms with van der Waals surface area (Å²) in [6.07, 6.45) is 4.48. The normalized spacial score (nSPS) is 16.0. The molecule has 0 unspecified atom stereocenters. The molecule has 1 aromatic carbocycles. The Bertz CT molecular complexity index is 671. The highest BCUT2D eigenvalue weighted by atomic mass is 16.5. The van der Waals surface area contributed by atoms with Crippen molar-refractivity contribution in [2.45, 2.75) is 24.7 Å². The van der Waals surface area contributed by atoms with E-state index in [0.717, 1.165) is 36.3 Å². The molecule has 0 bridgehead atoms. The van der Waals surface area contributed by atoms with Crippen LogP contribution in [0.25, 0.3) is 11.3 Å². The molecule has 0 aliphatic heterocycles. The summed E-state index contributed by atoms with van der Waals surface area (Å²) in [7, 11) is 1.64. The number of ether oxygens (including phenoxy) is 1. The molecule has 3 rings (SSSR count). The Morgan fingerprint density at radius 1 is 1.25 bits per heavy atom. The summed E-state index contributed by atoms with van der Waals surface area (Å²) in [5, 5.41) is 9.40. The van der Waals surface area contributed by atoms with E-state index in [-0.39, 0.29) is 0 Å². The van der Waals surface area contributed by atoms with Crippen LogP contribution in [-0.4, -0.2) is 17.1 Å². The Morgan fingerprint density at radius 2 is 2.05 bits per heavy atom. The summed E-state index contributed by atoms with van der Waals surface area (Å²) in [6.45, 7) is 0. The topological polar surface area (TPSA) is 58.8 Å². The average Bonchev–Trinajstić information content (AvgIpc) is 2.47. The van der Waals surface area contributed by atoms with Crippen molar-refractivity contribution >= 4 is 0 Å². The quantitative estimate of drug-likeness (QED) is 0.855. The van der Waals surface area contributed by atoms with Gasteiger partial charge in [0.05, 0.1) is 18.9 Å². The van der Waals surface area contributed by atoms with E-state index < -0.39 is 5.41 Å². The van der Waals surface area contributed by atoms with Gasteiger partial charge in [-0.05, 0) is 37.5 Å². The smallest absolute Gasteiger partial charge is 0.149 e. The zero-order valence-corrected chi connectivity index (χ0v) is 11.3. The van der Waals surface area contributed by atoms with Gasteiger partial charge in [-0.1, -0.05) is 12.1 Å². The summed E-state index contributed by atoms with van der Waals surface area (Å²) in [5.74, 6) is 1.41. The highest BCUT2D eigenvalue weighted by Crippen LogP contribution is 2.42. The van der Waals surface area contributed by atoms with Crippen LogP contribution in [0.15, 0.2) is 36.5 Å². The van der Waals surface area contributed by atoms with E-state index in [4.69, 9.17) is 4.74 Å². The maximum Gasteiger partial charge on any atom is 0.149 e. The second-order valence-electron chi connectivity index (χ2n) is 5.01. The summed E-state index contributed by atoms with van der Waals surface area (Å²) in [5.41, 5.74) is 1.23. The maximum absolute atomic E-state index is 9.40. The molecule has 1 fully saturated rings. The Morgan fingerprint density at radius 3 is 2.70 bits per heavy atom. The molecule has 0 spiro atoms. The van der Waals surface area contributed by atoms with Gasteiger partial charge in [0.15, 0.2) is 0 Å². The number of hydrogen-bond acceptors (Lipinski definition) is 4. The van der Waals surface area contributed by atoms with Crippen molar-refractivity contribution in [2.75, 3.05) is 7.11 Å². The molecule has 4 nitrogen and oxygen atoms in total. The van der Waals surface area contributed by atoms with E-state index in [1.54, 1.807) is 13.3 Å². The second kappa shape index (κ2) is 4.93. The first-order valence-corrected chi connectivity index (χ1v) is 6.67. The van der Waals surface area contributed by atoms with E-state index in [1.807, 2.05) is 30.3 Å². The minimum Gasteiger partial charge on any atom is -0.496 e. The van der Waals surface area contributed by atoms with Gasteiger partial charge in [-0.3, -0.25) is 0 Å². The summed E-state index contributed by atoms with van der Waals surface area (Å²) in [4.78, 5) is 8.91. The summed E-state index contributed by atoms with van der Waals surface area (Å²) in [6, 6.07) is 12.0. The minimum atomic E-state index is -0.488. The lowest BCUT2D eigenvalue weighted by Crippen LogP contribution is -2.34. The Kier molecular flexibility index (Phi) is 3.11.